The molecule has 0 saturated carbocycles. The SMILES string of the molecule is Cc1ccccc1CNC(=O)CN1CCC(C(=O)O)CC1. The van der Waals surface area contributed by atoms with Crippen LogP contribution in [0.2, 0.25) is 0 Å². The zero-order valence-electron chi connectivity index (χ0n) is 12.3. The average molecular weight is 290 g/mol. The zero-order valence-corrected chi connectivity index (χ0v) is 12.3. The van der Waals surface area contributed by atoms with Crippen molar-refractivity contribution < 1.29 is 14.7 Å². The molecule has 0 radical (unpaired) electrons. The number of hydrogen-bond acceptors (Lipinski definition) is 3. The molecule has 0 aliphatic carbocycles. The number of carbonyl (C=O) groups is 2. The van der Waals surface area contributed by atoms with E-state index in [0.717, 1.165) is 5.56 Å². The first-order valence-electron chi connectivity index (χ1n) is 7.32. The first-order valence-corrected chi connectivity index (χ1v) is 7.32. The number of benzene rings is 1. The van der Waals surface area contributed by atoms with Crippen molar-refractivity contribution in [3.05, 3.63) is 35.4 Å². The lowest BCUT2D eigenvalue weighted by atomic mass is 9.97. The van der Waals surface area contributed by atoms with Gasteiger partial charge in [0.1, 0.15) is 0 Å². The van der Waals surface area contributed by atoms with Crippen molar-refractivity contribution in [2.75, 3.05) is 19.6 Å². The van der Waals surface area contributed by atoms with Gasteiger partial charge >= 0.3 is 5.97 Å². The topological polar surface area (TPSA) is 69.6 Å². The summed E-state index contributed by atoms with van der Waals surface area (Å²) in [5.41, 5.74) is 2.29. The molecule has 21 heavy (non-hydrogen) atoms. The van der Waals surface area contributed by atoms with Crippen molar-refractivity contribution in [3.63, 3.8) is 0 Å². The number of likely N-dealkylation sites (tertiary alicyclic amines) is 1. The molecule has 1 amide bonds. The molecule has 1 heterocycles. The fourth-order valence-electron chi connectivity index (χ4n) is 2.60. The molecule has 1 aromatic rings. The van der Waals surface area contributed by atoms with Gasteiger partial charge in [0.2, 0.25) is 5.91 Å². The van der Waals surface area contributed by atoms with E-state index in [1.54, 1.807) is 0 Å². The highest BCUT2D eigenvalue weighted by Gasteiger charge is 2.25. The largest absolute Gasteiger partial charge is 0.481 e. The van der Waals surface area contributed by atoms with Gasteiger partial charge in [0.05, 0.1) is 12.5 Å². The number of carboxylic acids is 1. The number of nitrogens with one attached hydrogen (secondary N) is 1. The third-order valence-electron chi connectivity index (χ3n) is 4.04. The van der Waals surface area contributed by atoms with E-state index in [1.807, 2.05) is 36.1 Å². The third kappa shape index (κ3) is 4.56. The molecule has 0 bridgehead atoms. The number of rotatable bonds is 5. The second-order valence-corrected chi connectivity index (χ2v) is 5.59. The smallest absolute Gasteiger partial charge is 0.306 e. The van der Waals surface area contributed by atoms with Crippen LogP contribution in [0.15, 0.2) is 24.3 Å². The summed E-state index contributed by atoms with van der Waals surface area (Å²) in [6.07, 6.45) is 1.25. The van der Waals surface area contributed by atoms with Crippen LogP contribution in [0.25, 0.3) is 0 Å². The monoisotopic (exact) mass is 290 g/mol. The molecule has 0 aromatic heterocycles. The van der Waals surface area contributed by atoms with Crippen LogP contribution in [-0.2, 0) is 16.1 Å². The Labute approximate surface area is 125 Å². The highest BCUT2D eigenvalue weighted by atomic mass is 16.4. The Morgan fingerprint density at radius 2 is 1.95 bits per heavy atom. The number of aryl methyl sites for hydroxylation is 1. The summed E-state index contributed by atoms with van der Waals surface area (Å²) in [6.45, 7) is 4.26. The second kappa shape index (κ2) is 7.22. The van der Waals surface area contributed by atoms with Crippen LogP contribution in [0, 0.1) is 12.8 Å². The van der Waals surface area contributed by atoms with Crippen molar-refractivity contribution in [1.29, 1.82) is 0 Å². The molecular weight excluding hydrogens is 268 g/mol. The van der Waals surface area contributed by atoms with Gasteiger partial charge in [0.15, 0.2) is 0 Å². The number of aliphatic carboxylic acids is 1. The van der Waals surface area contributed by atoms with Crippen LogP contribution < -0.4 is 5.32 Å². The maximum atomic E-state index is 11.9. The minimum Gasteiger partial charge on any atom is -0.481 e. The van der Waals surface area contributed by atoms with Crippen LogP contribution >= 0.6 is 0 Å². The van der Waals surface area contributed by atoms with Crippen LogP contribution in [0.5, 0.6) is 0 Å². The summed E-state index contributed by atoms with van der Waals surface area (Å²) in [6, 6.07) is 7.98. The van der Waals surface area contributed by atoms with Gasteiger partial charge < -0.3 is 10.4 Å². The zero-order chi connectivity index (χ0) is 15.2. The molecule has 114 valence electrons. The summed E-state index contributed by atoms with van der Waals surface area (Å²) < 4.78 is 0. The Hall–Kier alpha value is -1.88. The standard InChI is InChI=1S/C16H22N2O3/c1-12-4-2-3-5-14(12)10-17-15(19)11-18-8-6-13(7-9-18)16(20)21/h2-5,13H,6-11H2,1H3,(H,17,19)(H,20,21). The predicted molar refractivity (Wildman–Crippen MR) is 79.8 cm³/mol. The normalized spacial score (nSPS) is 16.6. The molecule has 2 N–H and O–H groups in total. The van der Waals surface area contributed by atoms with Crippen LogP contribution in [0.3, 0.4) is 0 Å². The van der Waals surface area contributed by atoms with Gasteiger partial charge in [0, 0.05) is 6.54 Å². The molecule has 1 aromatic carbocycles. The van der Waals surface area contributed by atoms with Gasteiger partial charge in [-0.05, 0) is 44.0 Å². The molecule has 1 saturated heterocycles. The van der Waals surface area contributed by atoms with E-state index in [1.165, 1.54) is 5.56 Å². The summed E-state index contributed by atoms with van der Waals surface area (Å²) in [7, 11) is 0. The third-order valence-corrected chi connectivity index (χ3v) is 4.04. The van der Waals surface area contributed by atoms with E-state index in [2.05, 4.69) is 5.32 Å². The molecule has 2 rings (SSSR count). The molecule has 0 atom stereocenters. The molecule has 5 nitrogen and oxygen atoms in total. The minimum absolute atomic E-state index is 0.00738. The van der Waals surface area contributed by atoms with Gasteiger partial charge in [-0.1, -0.05) is 24.3 Å². The lowest BCUT2D eigenvalue weighted by Crippen LogP contribution is -2.42. The lowest BCUT2D eigenvalue weighted by Gasteiger charge is -2.29. The Morgan fingerprint density at radius 3 is 2.57 bits per heavy atom. The molecule has 1 aliphatic heterocycles. The van der Waals surface area contributed by atoms with Crippen LogP contribution in [0.1, 0.15) is 24.0 Å². The minimum atomic E-state index is -0.723. The first kappa shape index (κ1) is 15.5. The molecular formula is C16H22N2O3. The fraction of sp³-hybridized carbons (Fsp3) is 0.500. The number of carbonyl (C=O) groups excluding carboxylic acids is 1. The Morgan fingerprint density at radius 1 is 1.29 bits per heavy atom. The maximum absolute atomic E-state index is 11.9. The molecule has 0 unspecified atom stereocenters. The maximum Gasteiger partial charge on any atom is 0.306 e. The molecule has 5 heteroatoms. The van der Waals surface area contributed by atoms with Crippen LogP contribution in [0.4, 0.5) is 0 Å². The van der Waals surface area contributed by atoms with Crippen LogP contribution in [-0.4, -0.2) is 41.5 Å². The van der Waals surface area contributed by atoms with E-state index in [9.17, 15) is 9.59 Å². The van der Waals surface area contributed by atoms with Gasteiger partial charge in [-0.15, -0.1) is 0 Å². The van der Waals surface area contributed by atoms with Crippen molar-refractivity contribution in [3.8, 4) is 0 Å². The van der Waals surface area contributed by atoms with Crippen molar-refractivity contribution in [1.82, 2.24) is 10.2 Å². The first-order chi connectivity index (χ1) is 10.1. The quantitative estimate of drug-likeness (QED) is 0.860. The van der Waals surface area contributed by atoms with Gasteiger partial charge in [-0.3, -0.25) is 14.5 Å². The second-order valence-electron chi connectivity index (χ2n) is 5.59. The predicted octanol–water partition coefficient (Wildman–Crippen LogP) is 1.41. The van der Waals surface area contributed by atoms with E-state index >= 15 is 0 Å². The van der Waals surface area contributed by atoms with E-state index in [0.29, 0.717) is 39.0 Å². The molecule has 0 spiro atoms. The number of hydrogen-bond donors (Lipinski definition) is 2. The lowest BCUT2D eigenvalue weighted by molar-refractivity contribution is -0.143. The fourth-order valence-corrected chi connectivity index (χ4v) is 2.60. The van der Waals surface area contributed by atoms with E-state index < -0.39 is 5.97 Å². The summed E-state index contributed by atoms with van der Waals surface area (Å²) in [5.74, 6) is -0.984. The average Bonchev–Trinajstić information content (AvgIpc) is 2.47. The highest BCUT2D eigenvalue weighted by molar-refractivity contribution is 5.78. The van der Waals surface area contributed by atoms with Gasteiger partial charge in [0.25, 0.3) is 0 Å². The Bertz CT molecular complexity index is 508. The summed E-state index contributed by atoms with van der Waals surface area (Å²) in [4.78, 5) is 24.8. The van der Waals surface area contributed by atoms with Gasteiger partial charge in [-0.25, -0.2) is 0 Å². The van der Waals surface area contributed by atoms with Gasteiger partial charge in [-0.2, -0.15) is 0 Å². The van der Waals surface area contributed by atoms with Crippen molar-refractivity contribution >= 4 is 11.9 Å². The number of piperidine rings is 1. The number of nitrogens with zero attached hydrogens (tertiary/aromatic N) is 1. The van der Waals surface area contributed by atoms with Crippen molar-refractivity contribution in [2.45, 2.75) is 26.3 Å². The summed E-state index contributed by atoms with van der Waals surface area (Å²) in [5, 5.41) is 11.9. The molecule has 1 aliphatic rings. The van der Waals surface area contributed by atoms with Crippen molar-refractivity contribution in [2.24, 2.45) is 5.92 Å². The molecule has 1 fully saturated rings. The Balaban J connectivity index is 1.73. The van der Waals surface area contributed by atoms with E-state index in [-0.39, 0.29) is 11.8 Å². The summed E-state index contributed by atoms with van der Waals surface area (Å²) >= 11 is 0. The Kier molecular flexibility index (Phi) is 5.33. The number of carboxylic acid groups (broad SMARTS) is 1. The van der Waals surface area contributed by atoms with E-state index in [4.69, 9.17) is 5.11 Å². The number of amides is 1. The highest BCUT2D eigenvalue weighted by Crippen LogP contribution is 2.16.